The normalized spacial score (nSPS) is 23.9. The van der Waals surface area contributed by atoms with E-state index in [9.17, 15) is 9.59 Å². The molecule has 2 aliphatic heterocycles. The van der Waals surface area contributed by atoms with Gasteiger partial charge in [0.1, 0.15) is 11.5 Å². The number of ether oxygens (including phenoxy) is 2. The number of H-pyrrole nitrogens is 1. The quantitative estimate of drug-likeness (QED) is 0.606. The highest BCUT2D eigenvalue weighted by atomic mass is 35.5. The standard InChI is InChI=1S/C21H24Cl2N6O4/c1-10-15(22)16(23)18(24-10)19(30)27-17-11-8-29(9-12(11)17)14-7-13(20(31)32-2)25-21(26-14)28-3-5-33-6-4-28/h7,11-12,17,24H,3-6,8-9H2,1-2H3,(H,27,30)/t11-,12+,17?. The van der Waals surface area contributed by atoms with Crippen LogP contribution < -0.4 is 15.1 Å². The maximum Gasteiger partial charge on any atom is 0.356 e. The van der Waals surface area contributed by atoms with E-state index < -0.39 is 5.97 Å². The van der Waals surface area contributed by atoms with Crippen molar-refractivity contribution < 1.29 is 19.1 Å². The largest absolute Gasteiger partial charge is 0.464 e. The van der Waals surface area contributed by atoms with E-state index in [-0.39, 0.29) is 28.4 Å². The molecule has 10 nitrogen and oxygen atoms in total. The number of anilines is 2. The number of esters is 1. The van der Waals surface area contributed by atoms with Gasteiger partial charge < -0.3 is 29.6 Å². The fourth-order valence-corrected chi connectivity index (χ4v) is 4.99. The molecule has 2 aromatic rings. The lowest BCUT2D eigenvalue weighted by molar-refractivity contribution is 0.0593. The van der Waals surface area contributed by atoms with Gasteiger partial charge in [-0.3, -0.25) is 4.79 Å². The van der Waals surface area contributed by atoms with Crippen molar-refractivity contribution in [3.05, 3.63) is 33.2 Å². The summed E-state index contributed by atoms with van der Waals surface area (Å²) in [6, 6.07) is 1.73. The summed E-state index contributed by atoms with van der Waals surface area (Å²) < 4.78 is 10.3. The zero-order valence-electron chi connectivity index (χ0n) is 18.2. The summed E-state index contributed by atoms with van der Waals surface area (Å²) in [4.78, 5) is 41.1. The fraction of sp³-hybridized carbons (Fsp3) is 0.524. The molecule has 4 heterocycles. The second kappa shape index (κ2) is 8.66. The van der Waals surface area contributed by atoms with Crippen molar-refractivity contribution in [1.82, 2.24) is 20.3 Å². The Balaban J connectivity index is 1.28. The number of piperidine rings is 1. The predicted octanol–water partition coefficient (Wildman–Crippen LogP) is 1.91. The summed E-state index contributed by atoms with van der Waals surface area (Å²) in [6.07, 6.45) is 0. The third-order valence-corrected chi connectivity index (χ3v) is 7.43. The minimum Gasteiger partial charge on any atom is -0.464 e. The third-order valence-electron chi connectivity index (χ3n) is 6.49. The van der Waals surface area contributed by atoms with Gasteiger partial charge in [-0.2, -0.15) is 4.98 Å². The summed E-state index contributed by atoms with van der Waals surface area (Å²) >= 11 is 12.3. The van der Waals surface area contributed by atoms with Crippen LogP contribution in [-0.4, -0.2) is 79.4 Å². The van der Waals surface area contributed by atoms with E-state index in [0.29, 0.717) is 73.7 Å². The van der Waals surface area contributed by atoms with E-state index >= 15 is 0 Å². The number of halogens is 2. The van der Waals surface area contributed by atoms with Gasteiger partial charge in [-0.15, -0.1) is 0 Å². The second-order valence-corrected chi connectivity index (χ2v) is 9.24. The molecular formula is C21H24Cl2N6O4. The Hall–Kier alpha value is -2.56. The lowest BCUT2D eigenvalue weighted by Gasteiger charge is -2.28. The Bertz CT molecular complexity index is 1090. The van der Waals surface area contributed by atoms with Gasteiger partial charge in [0, 0.05) is 55.8 Å². The van der Waals surface area contributed by atoms with Gasteiger partial charge in [0.2, 0.25) is 5.95 Å². The molecule has 0 radical (unpaired) electrons. The first kappa shape index (κ1) is 22.2. The van der Waals surface area contributed by atoms with Gasteiger partial charge in [0.15, 0.2) is 5.69 Å². The zero-order chi connectivity index (χ0) is 23.3. The van der Waals surface area contributed by atoms with Gasteiger partial charge >= 0.3 is 5.97 Å². The van der Waals surface area contributed by atoms with Crippen LogP contribution in [-0.2, 0) is 9.47 Å². The number of hydrogen-bond donors (Lipinski definition) is 2. The Kier molecular flexibility index (Phi) is 5.84. The fourth-order valence-electron chi connectivity index (χ4n) is 4.58. The van der Waals surface area contributed by atoms with Crippen molar-refractivity contribution in [2.75, 3.05) is 56.3 Å². The number of hydrogen-bond acceptors (Lipinski definition) is 8. The molecule has 0 bridgehead atoms. The van der Waals surface area contributed by atoms with E-state index in [2.05, 4.69) is 20.2 Å². The van der Waals surface area contributed by atoms with Crippen LogP contribution in [0.25, 0.3) is 0 Å². The average molecular weight is 495 g/mol. The van der Waals surface area contributed by atoms with Crippen molar-refractivity contribution in [2.24, 2.45) is 11.8 Å². The van der Waals surface area contributed by atoms with E-state index in [1.54, 1.807) is 13.0 Å². The molecule has 0 spiro atoms. The van der Waals surface area contributed by atoms with E-state index in [1.165, 1.54) is 7.11 Å². The van der Waals surface area contributed by atoms with Crippen LogP contribution in [0.1, 0.15) is 26.7 Å². The maximum atomic E-state index is 12.6. The van der Waals surface area contributed by atoms with Crippen molar-refractivity contribution in [3.8, 4) is 0 Å². The molecule has 12 heteroatoms. The van der Waals surface area contributed by atoms with E-state index in [1.807, 2.05) is 4.90 Å². The van der Waals surface area contributed by atoms with Gasteiger partial charge in [0.05, 0.1) is 30.4 Å². The first-order chi connectivity index (χ1) is 15.9. The van der Waals surface area contributed by atoms with Gasteiger partial charge in [0.25, 0.3) is 5.91 Å². The molecule has 3 atom stereocenters. The number of methoxy groups -OCH3 is 1. The van der Waals surface area contributed by atoms with Crippen LogP contribution in [0, 0.1) is 18.8 Å². The average Bonchev–Trinajstić information content (AvgIpc) is 3.15. The molecule has 33 heavy (non-hydrogen) atoms. The molecule has 2 aromatic heterocycles. The number of aromatic amines is 1. The summed E-state index contributed by atoms with van der Waals surface area (Å²) in [5, 5.41) is 3.67. The molecule has 2 N–H and O–H groups in total. The first-order valence-corrected chi connectivity index (χ1v) is 11.5. The number of carbonyl (C=O) groups is 2. The van der Waals surface area contributed by atoms with Crippen molar-refractivity contribution in [1.29, 1.82) is 0 Å². The topological polar surface area (TPSA) is 113 Å². The Morgan fingerprint density at radius 3 is 2.45 bits per heavy atom. The second-order valence-electron chi connectivity index (χ2n) is 8.49. The molecule has 3 fully saturated rings. The molecule has 176 valence electrons. The molecule has 1 amide bonds. The molecule has 2 saturated heterocycles. The van der Waals surface area contributed by atoms with Crippen LogP contribution in [0.3, 0.4) is 0 Å². The number of nitrogens with one attached hydrogen (secondary N) is 2. The lowest BCUT2D eigenvalue weighted by Crippen LogP contribution is -2.38. The van der Waals surface area contributed by atoms with Crippen LogP contribution >= 0.6 is 23.2 Å². The highest BCUT2D eigenvalue weighted by molar-refractivity contribution is 6.44. The number of rotatable bonds is 5. The summed E-state index contributed by atoms with van der Waals surface area (Å²) in [5.41, 5.74) is 1.17. The minimum absolute atomic E-state index is 0.0628. The Morgan fingerprint density at radius 2 is 1.85 bits per heavy atom. The number of amides is 1. The molecule has 1 aliphatic carbocycles. The van der Waals surface area contributed by atoms with Crippen LogP contribution in [0.15, 0.2) is 6.07 Å². The van der Waals surface area contributed by atoms with Gasteiger partial charge in [-0.1, -0.05) is 23.2 Å². The number of aryl methyl sites for hydroxylation is 1. The Labute approximate surface area is 200 Å². The number of aromatic nitrogens is 3. The van der Waals surface area contributed by atoms with Crippen molar-refractivity contribution >= 4 is 46.8 Å². The van der Waals surface area contributed by atoms with Crippen LogP contribution in [0.5, 0.6) is 0 Å². The number of nitrogens with zero attached hydrogens (tertiary/aromatic N) is 4. The van der Waals surface area contributed by atoms with Crippen molar-refractivity contribution in [2.45, 2.75) is 13.0 Å². The molecule has 5 rings (SSSR count). The van der Waals surface area contributed by atoms with Crippen molar-refractivity contribution in [3.63, 3.8) is 0 Å². The summed E-state index contributed by atoms with van der Waals surface area (Å²) in [6.45, 7) is 5.70. The van der Waals surface area contributed by atoms with E-state index in [0.717, 1.165) is 0 Å². The Morgan fingerprint density at radius 1 is 1.15 bits per heavy atom. The van der Waals surface area contributed by atoms with Crippen LogP contribution in [0.2, 0.25) is 10.0 Å². The smallest absolute Gasteiger partial charge is 0.356 e. The highest BCUT2D eigenvalue weighted by Gasteiger charge is 2.57. The molecular weight excluding hydrogens is 471 g/mol. The predicted molar refractivity (Wildman–Crippen MR) is 122 cm³/mol. The monoisotopic (exact) mass is 494 g/mol. The van der Waals surface area contributed by atoms with Gasteiger partial charge in [-0.05, 0) is 6.92 Å². The maximum absolute atomic E-state index is 12.6. The lowest BCUT2D eigenvalue weighted by atomic mass is 10.3. The number of carbonyl (C=O) groups excluding carboxylic acids is 2. The SMILES string of the molecule is COC(=O)c1cc(N2C[C@@H]3C(NC(=O)c4[nH]c(C)c(Cl)c4Cl)[C@@H]3C2)nc(N2CCOCC2)n1. The van der Waals surface area contributed by atoms with E-state index in [4.69, 9.17) is 37.7 Å². The minimum atomic E-state index is -0.501. The molecule has 3 aliphatic rings. The van der Waals surface area contributed by atoms with Gasteiger partial charge in [-0.25, -0.2) is 9.78 Å². The highest BCUT2D eigenvalue weighted by Crippen LogP contribution is 2.47. The number of fused-ring (bicyclic) bond motifs is 1. The summed E-state index contributed by atoms with van der Waals surface area (Å²) in [5.74, 6) is 1.00. The molecule has 1 saturated carbocycles. The van der Waals surface area contributed by atoms with Crippen LogP contribution in [0.4, 0.5) is 11.8 Å². The summed E-state index contributed by atoms with van der Waals surface area (Å²) in [7, 11) is 1.34. The molecule has 0 aromatic carbocycles. The first-order valence-electron chi connectivity index (χ1n) is 10.8. The zero-order valence-corrected chi connectivity index (χ0v) is 19.7. The number of morpholine rings is 1. The third kappa shape index (κ3) is 4.11. The molecule has 1 unspecified atom stereocenters.